The first-order valence-corrected chi connectivity index (χ1v) is 7.95. The Bertz CT molecular complexity index is 665. The van der Waals surface area contributed by atoms with Crippen LogP contribution in [0, 0.1) is 6.92 Å². The van der Waals surface area contributed by atoms with E-state index in [1.807, 2.05) is 6.92 Å². The van der Waals surface area contributed by atoms with Crippen LogP contribution in [0.15, 0.2) is 34.8 Å². The summed E-state index contributed by atoms with van der Waals surface area (Å²) in [5.74, 6) is 0. The minimum atomic E-state index is -3.58. The fourth-order valence-electron chi connectivity index (χ4n) is 1.56. The Kier molecular flexibility index (Phi) is 4.18. The fraction of sp³-hybridized carbons (Fsp3) is 0.250. The van der Waals surface area contributed by atoms with Crippen LogP contribution in [0.4, 0.5) is 5.69 Å². The van der Waals surface area contributed by atoms with Crippen LogP contribution in [-0.4, -0.2) is 25.1 Å². The zero-order chi connectivity index (χ0) is 13.9. The molecule has 0 aliphatic rings. The molecule has 0 spiro atoms. The third-order valence-corrected chi connectivity index (χ3v) is 5.41. The van der Waals surface area contributed by atoms with E-state index in [-0.39, 0.29) is 10.8 Å². The SMILES string of the molecule is Cc1cncc(NS(=O)(=O)c2ccc(CCO)s2)c1. The van der Waals surface area contributed by atoms with E-state index in [0.717, 1.165) is 21.8 Å². The molecule has 0 unspecified atom stereocenters. The number of sulfonamides is 1. The van der Waals surface area contributed by atoms with Crippen molar-refractivity contribution in [2.45, 2.75) is 17.6 Å². The van der Waals surface area contributed by atoms with Gasteiger partial charge >= 0.3 is 0 Å². The summed E-state index contributed by atoms with van der Waals surface area (Å²) in [6, 6.07) is 4.97. The number of thiophene rings is 1. The Hall–Kier alpha value is -1.44. The van der Waals surface area contributed by atoms with Crippen molar-refractivity contribution >= 4 is 27.0 Å². The summed E-state index contributed by atoms with van der Waals surface area (Å²) in [4.78, 5) is 4.78. The molecule has 0 atom stereocenters. The third-order valence-electron chi connectivity index (χ3n) is 2.39. The van der Waals surface area contributed by atoms with E-state index < -0.39 is 10.0 Å². The number of aliphatic hydroxyl groups excluding tert-OH is 1. The zero-order valence-corrected chi connectivity index (χ0v) is 12.0. The van der Waals surface area contributed by atoms with Gasteiger partial charge in [0.15, 0.2) is 0 Å². The molecule has 0 bridgehead atoms. The maximum absolute atomic E-state index is 12.1. The standard InChI is InChI=1S/C12H14N2O3S2/c1-9-6-10(8-13-7-9)14-19(16,17)12-3-2-11(18-12)4-5-15/h2-3,6-8,14-15H,4-5H2,1H3. The van der Waals surface area contributed by atoms with E-state index >= 15 is 0 Å². The number of rotatable bonds is 5. The van der Waals surface area contributed by atoms with Gasteiger partial charge in [-0.1, -0.05) is 0 Å². The zero-order valence-electron chi connectivity index (χ0n) is 10.3. The lowest BCUT2D eigenvalue weighted by molar-refractivity contribution is 0.300. The molecule has 0 saturated carbocycles. The van der Waals surface area contributed by atoms with Crippen LogP contribution in [-0.2, 0) is 16.4 Å². The number of aliphatic hydroxyl groups is 1. The topological polar surface area (TPSA) is 79.3 Å². The number of pyridine rings is 1. The molecule has 102 valence electrons. The molecule has 0 fully saturated rings. The normalized spacial score (nSPS) is 11.5. The van der Waals surface area contributed by atoms with Crippen LogP contribution >= 0.6 is 11.3 Å². The number of nitrogens with zero attached hydrogens (tertiary/aromatic N) is 1. The fourth-order valence-corrected chi connectivity index (χ4v) is 3.94. The van der Waals surface area contributed by atoms with Crippen molar-refractivity contribution in [1.82, 2.24) is 4.98 Å². The average molecular weight is 298 g/mol. The van der Waals surface area contributed by atoms with Gasteiger partial charge in [-0.15, -0.1) is 11.3 Å². The number of nitrogens with one attached hydrogen (secondary N) is 1. The van der Waals surface area contributed by atoms with Crippen molar-refractivity contribution < 1.29 is 13.5 Å². The molecule has 5 nitrogen and oxygen atoms in total. The molecule has 2 aromatic rings. The van der Waals surface area contributed by atoms with Crippen LogP contribution in [0.25, 0.3) is 0 Å². The first kappa shape index (κ1) is 14.0. The molecule has 19 heavy (non-hydrogen) atoms. The second-order valence-corrected chi connectivity index (χ2v) is 7.13. The molecule has 2 heterocycles. The van der Waals surface area contributed by atoms with Gasteiger partial charge in [-0.3, -0.25) is 9.71 Å². The minimum absolute atomic E-state index is 0.00916. The van der Waals surface area contributed by atoms with E-state index in [4.69, 9.17) is 5.11 Å². The van der Waals surface area contributed by atoms with Crippen LogP contribution in [0.2, 0.25) is 0 Å². The summed E-state index contributed by atoms with van der Waals surface area (Å²) in [7, 11) is -3.58. The van der Waals surface area contributed by atoms with Crippen molar-refractivity contribution in [3.05, 3.63) is 41.0 Å². The van der Waals surface area contributed by atoms with Crippen LogP contribution in [0.3, 0.4) is 0 Å². The van der Waals surface area contributed by atoms with Gasteiger partial charge in [0.1, 0.15) is 4.21 Å². The predicted octanol–water partition coefficient (Wildman–Crippen LogP) is 1.79. The summed E-state index contributed by atoms with van der Waals surface area (Å²) in [6.45, 7) is 1.85. The van der Waals surface area contributed by atoms with Crippen molar-refractivity contribution in [3.63, 3.8) is 0 Å². The number of hydrogen-bond acceptors (Lipinski definition) is 5. The second-order valence-electron chi connectivity index (χ2n) is 4.05. The maximum Gasteiger partial charge on any atom is 0.271 e. The van der Waals surface area contributed by atoms with Crippen molar-refractivity contribution in [3.8, 4) is 0 Å². The smallest absolute Gasteiger partial charge is 0.271 e. The van der Waals surface area contributed by atoms with Gasteiger partial charge in [0.2, 0.25) is 0 Å². The number of aromatic nitrogens is 1. The van der Waals surface area contributed by atoms with Gasteiger partial charge in [0.05, 0.1) is 11.9 Å². The predicted molar refractivity (Wildman–Crippen MR) is 74.9 cm³/mol. The molecule has 0 radical (unpaired) electrons. The third kappa shape index (κ3) is 3.52. The number of anilines is 1. The van der Waals surface area contributed by atoms with Crippen LogP contribution in [0.5, 0.6) is 0 Å². The van der Waals surface area contributed by atoms with E-state index in [1.54, 1.807) is 24.4 Å². The molecule has 2 aromatic heterocycles. The molecule has 2 N–H and O–H groups in total. The van der Waals surface area contributed by atoms with Gasteiger partial charge < -0.3 is 5.11 Å². The van der Waals surface area contributed by atoms with E-state index in [1.165, 1.54) is 6.20 Å². The first-order chi connectivity index (χ1) is 9.01. The second kappa shape index (κ2) is 5.68. The Labute approximate surface area is 116 Å². The Morgan fingerprint density at radius 1 is 1.37 bits per heavy atom. The van der Waals surface area contributed by atoms with Crippen molar-refractivity contribution in [2.75, 3.05) is 11.3 Å². The lowest BCUT2D eigenvalue weighted by atomic mass is 10.3. The Balaban J connectivity index is 2.22. The lowest BCUT2D eigenvalue weighted by Crippen LogP contribution is -2.11. The molecule has 0 aromatic carbocycles. The summed E-state index contributed by atoms with van der Waals surface area (Å²) in [5, 5.41) is 8.83. The molecule has 0 aliphatic carbocycles. The summed E-state index contributed by atoms with van der Waals surface area (Å²) in [5.41, 5.74) is 1.32. The van der Waals surface area contributed by atoms with Gasteiger partial charge in [0, 0.05) is 24.1 Å². The van der Waals surface area contributed by atoms with Crippen LogP contribution in [0.1, 0.15) is 10.4 Å². The average Bonchev–Trinajstić information content (AvgIpc) is 2.78. The highest BCUT2D eigenvalue weighted by Gasteiger charge is 2.17. The highest BCUT2D eigenvalue weighted by Crippen LogP contribution is 2.24. The highest BCUT2D eigenvalue weighted by atomic mass is 32.2. The Morgan fingerprint density at radius 3 is 2.84 bits per heavy atom. The van der Waals surface area contributed by atoms with Gasteiger partial charge in [-0.2, -0.15) is 0 Å². The van der Waals surface area contributed by atoms with Crippen molar-refractivity contribution in [2.24, 2.45) is 0 Å². The van der Waals surface area contributed by atoms with Gasteiger partial charge in [-0.05, 0) is 30.7 Å². The molecule has 7 heteroatoms. The van der Waals surface area contributed by atoms with E-state index in [2.05, 4.69) is 9.71 Å². The molecule has 0 saturated heterocycles. The lowest BCUT2D eigenvalue weighted by Gasteiger charge is -2.06. The quantitative estimate of drug-likeness (QED) is 0.882. The summed E-state index contributed by atoms with van der Waals surface area (Å²) in [6.07, 6.45) is 3.58. The summed E-state index contributed by atoms with van der Waals surface area (Å²) < 4.78 is 27.0. The largest absolute Gasteiger partial charge is 0.396 e. The van der Waals surface area contributed by atoms with Crippen LogP contribution < -0.4 is 4.72 Å². The molecule has 2 rings (SSSR count). The minimum Gasteiger partial charge on any atom is -0.396 e. The van der Waals surface area contributed by atoms with E-state index in [9.17, 15) is 8.42 Å². The first-order valence-electron chi connectivity index (χ1n) is 5.65. The Morgan fingerprint density at radius 2 is 2.16 bits per heavy atom. The summed E-state index contributed by atoms with van der Waals surface area (Å²) >= 11 is 1.16. The van der Waals surface area contributed by atoms with Gasteiger partial charge in [-0.25, -0.2) is 8.42 Å². The monoisotopic (exact) mass is 298 g/mol. The molecule has 0 amide bonds. The van der Waals surface area contributed by atoms with E-state index in [0.29, 0.717) is 12.1 Å². The number of aryl methyl sites for hydroxylation is 1. The highest BCUT2D eigenvalue weighted by molar-refractivity contribution is 7.94. The number of hydrogen-bond donors (Lipinski definition) is 2. The molecular formula is C12H14N2O3S2. The van der Waals surface area contributed by atoms with Gasteiger partial charge in [0.25, 0.3) is 10.0 Å². The van der Waals surface area contributed by atoms with Crippen molar-refractivity contribution in [1.29, 1.82) is 0 Å². The molecular weight excluding hydrogens is 284 g/mol. The molecule has 0 aliphatic heterocycles. The maximum atomic E-state index is 12.1.